The summed E-state index contributed by atoms with van der Waals surface area (Å²) in [6, 6.07) is 5.59. The number of thiazole rings is 1. The molecular weight excluding hydrogens is 428 g/mol. The smallest absolute Gasteiger partial charge is 0.244 e. The van der Waals surface area contributed by atoms with Crippen molar-refractivity contribution in [2.75, 3.05) is 71.3 Å². The first-order valence-corrected chi connectivity index (χ1v) is 12.4. The number of amides is 1. The maximum Gasteiger partial charge on any atom is 0.244 e. The van der Waals surface area contributed by atoms with Gasteiger partial charge in [0.1, 0.15) is 5.75 Å². The number of fused-ring (bicyclic) bond motifs is 1. The fraction of sp³-hybridized carbons (Fsp3) is 0.579. The lowest BCUT2D eigenvalue weighted by atomic mass is 10.3. The van der Waals surface area contributed by atoms with Gasteiger partial charge in [0.15, 0.2) is 5.13 Å². The van der Waals surface area contributed by atoms with E-state index in [2.05, 4.69) is 9.88 Å². The maximum absolute atomic E-state index is 13.0. The maximum atomic E-state index is 13.0. The zero-order valence-corrected chi connectivity index (χ0v) is 19.2. The van der Waals surface area contributed by atoms with Gasteiger partial charge in [0.25, 0.3) is 0 Å². The molecule has 2 heterocycles. The minimum absolute atomic E-state index is 0.227. The van der Waals surface area contributed by atoms with Crippen LogP contribution < -0.4 is 9.64 Å². The van der Waals surface area contributed by atoms with E-state index in [-0.39, 0.29) is 12.5 Å². The number of likely N-dealkylation sites (N-methyl/N-ethyl adjacent to an activating group) is 1. The molecule has 1 aromatic heterocycles. The van der Waals surface area contributed by atoms with Crippen LogP contribution in [0.5, 0.6) is 5.75 Å². The van der Waals surface area contributed by atoms with Crippen molar-refractivity contribution < 1.29 is 22.7 Å². The van der Waals surface area contributed by atoms with Gasteiger partial charge in [-0.3, -0.25) is 14.6 Å². The first kappa shape index (κ1) is 22.9. The number of hydrogen-bond donors (Lipinski definition) is 0. The van der Waals surface area contributed by atoms with E-state index in [1.54, 1.807) is 12.0 Å². The zero-order chi connectivity index (χ0) is 21.7. The van der Waals surface area contributed by atoms with E-state index in [1.165, 1.54) is 18.4 Å². The number of ether oxygens (including phenoxy) is 2. The van der Waals surface area contributed by atoms with Crippen LogP contribution in [0, 0.1) is 0 Å². The van der Waals surface area contributed by atoms with Crippen LogP contribution in [0.2, 0.25) is 0 Å². The molecule has 1 aromatic carbocycles. The summed E-state index contributed by atoms with van der Waals surface area (Å²) in [6.45, 7) is 4.29. The Bertz CT molecular complexity index is 972. The number of hydrogen-bond acceptors (Lipinski definition) is 8. The minimum atomic E-state index is -3.45. The molecule has 1 fully saturated rings. The number of nitrogens with zero attached hydrogens (tertiary/aromatic N) is 4. The normalized spacial score (nSPS) is 15.6. The summed E-state index contributed by atoms with van der Waals surface area (Å²) in [4.78, 5) is 21.5. The molecule has 0 aliphatic carbocycles. The molecule has 0 atom stereocenters. The number of carbonyl (C=O) groups is 1. The number of benzene rings is 1. The van der Waals surface area contributed by atoms with Crippen molar-refractivity contribution >= 4 is 42.6 Å². The highest BCUT2D eigenvalue weighted by Crippen LogP contribution is 2.31. The topological polar surface area (TPSA) is 92.3 Å². The number of anilines is 1. The molecule has 9 nitrogen and oxygen atoms in total. The molecule has 0 N–H and O–H groups in total. The third-order valence-electron chi connectivity index (χ3n) is 5.00. The summed E-state index contributed by atoms with van der Waals surface area (Å²) < 4.78 is 36.2. The van der Waals surface area contributed by atoms with Gasteiger partial charge in [-0.25, -0.2) is 13.4 Å². The molecule has 2 aromatic rings. The van der Waals surface area contributed by atoms with E-state index in [0.29, 0.717) is 17.4 Å². The number of carbonyl (C=O) groups excluding carboxylic acids is 1. The summed E-state index contributed by atoms with van der Waals surface area (Å²) in [5, 5.41) is 0.562. The van der Waals surface area contributed by atoms with E-state index in [9.17, 15) is 13.2 Å². The molecule has 0 unspecified atom stereocenters. The van der Waals surface area contributed by atoms with Gasteiger partial charge in [0, 0.05) is 39.3 Å². The number of methoxy groups -OCH3 is 1. The Balaban J connectivity index is 1.77. The Morgan fingerprint density at radius 1 is 1.33 bits per heavy atom. The van der Waals surface area contributed by atoms with Crippen molar-refractivity contribution in [1.82, 2.24) is 14.2 Å². The molecule has 0 saturated carbocycles. The lowest BCUT2D eigenvalue weighted by Crippen LogP contribution is -2.43. The Hall–Kier alpha value is -1.79. The van der Waals surface area contributed by atoms with Crippen molar-refractivity contribution in [3.05, 3.63) is 18.2 Å². The largest absolute Gasteiger partial charge is 0.497 e. The third-order valence-corrected chi connectivity index (χ3v) is 7.32. The minimum Gasteiger partial charge on any atom is -0.497 e. The first-order valence-electron chi connectivity index (χ1n) is 9.74. The lowest BCUT2D eigenvalue weighted by molar-refractivity contribution is -0.118. The quantitative estimate of drug-likeness (QED) is 0.561. The van der Waals surface area contributed by atoms with Crippen LogP contribution in [0.1, 0.15) is 6.42 Å². The second-order valence-corrected chi connectivity index (χ2v) is 10.3. The highest BCUT2D eigenvalue weighted by atomic mass is 32.2. The predicted molar refractivity (Wildman–Crippen MR) is 118 cm³/mol. The molecule has 1 amide bonds. The Morgan fingerprint density at radius 3 is 2.73 bits per heavy atom. The first-order chi connectivity index (χ1) is 14.3. The highest BCUT2D eigenvalue weighted by molar-refractivity contribution is 7.88. The van der Waals surface area contributed by atoms with Crippen LogP contribution in [0.3, 0.4) is 0 Å². The molecule has 30 heavy (non-hydrogen) atoms. The van der Waals surface area contributed by atoms with Gasteiger partial charge in [0.2, 0.25) is 15.9 Å². The number of sulfonamides is 1. The van der Waals surface area contributed by atoms with Crippen molar-refractivity contribution in [3.8, 4) is 5.75 Å². The highest BCUT2D eigenvalue weighted by Gasteiger charge is 2.24. The average molecular weight is 457 g/mol. The number of morpholine rings is 1. The molecule has 1 aliphatic rings. The van der Waals surface area contributed by atoms with E-state index in [4.69, 9.17) is 9.47 Å². The van der Waals surface area contributed by atoms with Gasteiger partial charge >= 0.3 is 0 Å². The molecule has 166 valence electrons. The second-order valence-electron chi connectivity index (χ2n) is 7.20. The zero-order valence-electron chi connectivity index (χ0n) is 17.5. The number of aromatic nitrogens is 1. The van der Waals surface area contributed by atoms with E-state index in [0.717, 1.165) is 60.0 Å². The van der Waals surface area contributed by atoms with Gasteiger partial charge in [-0.15, -0.1) is 0 Å². The number of rotatable bonds is 9. The van der Waals surface area contributed by atoms with Crippen LogP contribution in [0.4, 0.5) is 5.13 Å². The molecule has 1 aliphatic heterocycles. The second kappa shape index (κ2) is 10.0. The Morgan fingerprint density at radius 2 is 2.07 bits per heavy atom. The lowest BCUT2D eigenvalue weighted by Gasteiger charge is -2.28. The van der Waals surface area contributed by atoms with E-state index < -0.39 is 10.0 Å². The van der Waals surface area contributed by atoms with E-state index >= 15 is 0 Å². The summed E-state index contributed by atoms with van der Waals surface area (Å²) >= 11 is 1.41. The molecule has 0 bridgehead atoms. The fourth-order valence-corrected chi connectivity index (χ4v) is 4.47. The van der Waals surface area contributed by atoms with Crippen molar-refractivity contribution in [2.45, 2.75) is 6.42 Å². The van der Waals surface area contributed by atoms with Gasteiger partial charge in [-0.2, -0.15) is 4.31 Å². The van der Waals surface area contributed by atoms with Crippen molar-refractivity contribution in [3.63, 3.8) is 0 Å². The molecule has 0 spiro atoms. The van der Waals surface area contributed by atoms with Crippen LogP contribution in [-0.4, -0.2) is 94.9 Å². The predicted octanol–water partition coefficient (Wildman–Crippen LogP) is 1.25. The van der Waals surface area contributed by atoms with Crippen LogP contribution in [-0.2, 0) is 19.6 Å². The monoisotopic (exact) mass is 456 g/mol. The van der Waals surface area contributed by atoms with Gasteiger partial charge in [-0.05, 0) is 18.6 Å². The summed E-state index contributed by atoms with van der Waals surface area (Å²) in [5.74, 6) is 0.400. The average Bonchev–Trinajstić information content (AvgIpc) is 3.13. The SMILES string of the molecule is COc1ccc2sc(N(CCCN3CCOCC3)C(=O)CN(C)S(C)(=O)=O)nc2c1. The van der Waals surface area contributed by atoms with Gasteiger partial charge in [-0.1, -0.05) is 11.3 Å². The molecule has 3 rings (SSSR count). The Kier molecular flexibility index (Phi) is 7.64. The van der Waals surface area contributed by atoms with Crippen molar-refractivity contribution in [2.24, 2.45) is 0 Å². The molecule has 1 saturated heterocycles. The standard InChI is InChI=1S/C19H28N4O5S2/c1-21(30(3,25)26)14-18(24)23(8-4-7-22-9-11-28-12-10-22)19-20-16-13-15(27-2)5-6-17(16)29-19/h5-6,13H,4,7-12,14H2,1-3H3. The molecule has 11 heteroatoms. The van der Waals surface area contributed by atoms with Crippen LogP contribution in [0.15, 0.2) is 18.2 Å². The van der Waals surface area contributed by atoms with Crippen LogP contribution >= 0.6 is 11.3 Å². The third kappa shape index (κ3) is 5.88. The molecule has 0 radical (unpaired) electrons. The fourth-order valence-electron chi connectivity index (χ4n) is 3.13. The Labute approximate surface area is 181 Å². The van der Waals surface area contributed by atoms with Gasteiger partial charge < -0.3 is 9.47 Å². The molecular formula is C19H28N4O5S2. The van der Waals surface area contributed by atoms with E-state index in [1.807, 2.05) is 18.2 Å². The van der Waals surface area contributed by atoms with Gasteiger partial charge in [0.05, 0.1) is 43.3 Å². The summed E-state index contributed by atoms with van der Waals surface area (Å²) in [5.41, 5.74) is 0.747. The van der Waals surface area contributed by atoms with Crippen molar-refractivity contribution in [1.29, 1.82) is 0 Å². The summed E-state index contributed by atoms with van der Waals surface area (Å²) in [7, 11) is -0.455. The summed E-state index contributed by atoms with van der Waals surface area (Å²) in [6.07, 6.45) is 1.85. The van der Waals surface area contributed by atoms with Crippen LogP contribution in [0.25, 0.3) is 10.2 Å².